The Bertz CT molecular complexity index is 328. The van der Waals surface area contributed by atoms with Gasteiger partial charge in [0.1, 0.15) is 5.69 Å². The lowest BCUT2D eigenvalue weighted by Crippen LogP contribution is -2.44. The largest absolute Gasteiger partial charge is 0.369 e. The van der Waals surface area contributed by atoms with Crippen LogP contribution in [-0.2, 0) is 0 Å². The first-order chi connectivity index (χ1) is 7.29. The Hall–Kier alpha value is -1.42. The van der Waals surface area contributed by atoms with Crippen LogP contribution in [0, 0.1) is 4.91 Å². The van der Waals surface area contributed by atoms with E-state index in [1.165, 1.54) is 5.69 Å². The zero-order chi connectivity index (χ0) is 10.7. The van der Waals surface area contributed by atoms with Crippen molar-refractivity contribution in [3.8, 4) is 0 Å². The van der Waals surface area contributed by atoms with Gasteiger partial charge in [0.05, 0.1) is 0 Å². The minimum absolute atomic E-state index is 0.493. The number of benzene rings is 1. The number of nitroso groups, excluding NO2 is 1. The SMILES string of the molecule is CN1CCN(c2ccc(N=O)cc2)CC1. The molecule has 0 spiro atoms. The van der Waals surface area contributed by atoms with Crippen molar-refractivity contribution in [2.45, 2.75) is 0 Å². The van der Waals surface area contributed by atoms with E-state index >= 15 is 0 Å². The molecule has 1 heterocycles. The highest BCUT2D eigenvalue weighted by Crippen LogP contribution is 2.20. The zero-order valence-corrected chi connectivity index (χ0v) is 8.89. The molecule has 0 radical (unpaired) electrons. The summed E-state index contributed by atoms with van der Waals surface area (Å²) >= 11 is 0. The zero-order valence-electron chi connectivity index (χ0n) is 8.89. The van der Waals surface area contributed by atoms with Gasteiger partial charge in [-0.3, -0.25) is 0 Å². The standard InChI is InChI=1S/C11H15N3O/c1-13-6-8-14(9-7-13)11-4-2-10(12-15)3-5-11/h2-5H,6-9H2,1H3. The molecular formula is C11H15N3O. The third-order valence-electron chi connectivity index (χ3n) is 2.82. The molecule has 0 N–H and O–H groups in total. The molecule has 0 aromatic heterocycles. The minimum atomic E-state index is 0.493. The lowest BCUT2D eigenvalue weighted by Gasteiger charge is -2.34. The van der Waals surface area contributed by atoms with Crippen LogP contribution < -0.4 is 4.90 Å². The average molecular weight is 205 g/mol. The van der Waals surface area contributed by atoms with Gasteiger partial charge in [0.15, 0.2) is 0 Å². The van der Waals surface area contributed by atoms with E-state index in [1.54, 1.807) is 12.1 Å². The molecule has 15 heavy (non-hydrogen) atoms. The van der Waals surface area contributed by atoms with Gasteiger partial charge < -0.3 is 9.80 Å². The van der Waals surface area contributed by atoms with Crippen molar-refractivity contribution in [2.24, 2.45) is 5.18 Å². The maximum absolute atomic E-state index is 10.3. The van der Waals surface area contributed by atoms with Gasteiger partial charge in [-0.2, -0.15) is 0 Å². The van der Waals surface area contributed by atoms with E-state index < -0.39 is 0 Å². The van der Waals surface area contributed by atoms with E-state index in [4.69, 9.17) is 0 Å². The summed E-state index contributed by atoms with van der Waals surface area (Å²) in [5.41, 5.74) is 1.67. The molecule has 1 saturated heterocycles. The van der Waals surface area contributed by atoms with Crippen molar-refractivity contribution in [3.63, 3.8) is 0 Å². The fourth-order valence-electron chi connectivity index (χ4n) is 1.79. The van der Waals surface area contributed by atoms with Crippen LogP contribution in [0.1, 0.15) is 0 Å². The van der Waals surface area contributed by atoms with Gasteiger partial charge in [-0.05, 0) is 36.5 Å². The van der Waals surface area contributed by atoms with E-state index in [0.717, 1.165) is 26.2 Å². The number of likely N-dealkylation sites (N-methyl/N-ethyl adjacent to an activating group) is 1. The van der Waals surface area contributed by atoms with Crippen molar-refractivity contribution >= 4 is 11.4 Å². The fraction of sp³-hybridized carbons (Fsp3) is 0.455. The predicted molar refractivity (Wildman–Crippen MR) is 61.6 cm³/mol. The van der Waals surface area contributed by atoms with Gasteiger partial charge in [0, 0.05) is 31.9 Å². The maximum atomic E-state index is 10.3. The predicted octanol–water partition coefficient (Wildman–Crippen LogP) is 1.84. The van der Waals surface area contributed by atoms with Crippen LogP contribution in [0.5, 0.6) is 0 Å². The first-order valence-electron chi connectivity index (χ1n) is 5.16. The summed E-state index contributed by atoms with van der Waals surface area (Å²) in [6, 6.07) is 7.45. The molecule has 0 amide bonds. The highest BCUT2D eigenvalue weighted by molar-refractivity contribution is 5.52. The maximum Gasteiger partial charge on any atom is 0.108 e. The van der Waals surface area contributed by atoms with E-state index in [9.17, 15) is 4.91 Å². The quantitative estimate of drug-likeness (QED) is 0.691. The number of rotatable bonds is 2. The molecule has 0 aliphatic carbocycles. The summed E-state index contributed by atoms with van der Waals surface area (Å²) in [5, 5.41) is 2.89. The second-order valence-corrected chi connectivity index (χ2v) is 3.90. The molecule has 0 atom stereocenters. The Morgan fingerprint density at radius 3 is 2.20 bits per heavy atom. The molecule has 4 nitrogen and oxygen atoms in total. The molecule has 4 heteroatoms. The smallest absolute Gasteiger partial charge is 0.108 e. The summed E-state index contributed by atoms with van der Waals surface area (Å²) in [5.74, 6) is 0. The van der Waals surface area contributed by atoms with Crippen LogP contribution in [0.3, 0.4) is 0 Å². The number of piperazine rings is 1. The van der Waals surface area contributed by atoms with E-state index in [2.05, 4.69) is 22.0 Å². The van der Waals surface area contributed by atoms with Crippen LogP contribution in [0.4, 0.5) is 11.4 Å². The van der Waals surface area contributed by atoms with Crippen molar-refractivity contribution in [1.82, 2.24) is 4.90 Å². The number of hydrogen-bond acceptors (Lipinski definition) is 4. The van der Waals surface area contributed by atoms with Crippen LogP contribution in [0.25, 0.3) is 0 Å². The molecule has 2 rings (SSSR count). The van der Waals surface area contributed by atoms with Crippen molar-refractivity contribution in [2.75, 3.05) is 38.1 Å². The van der Waals surface area contributed by atoms with Crippen molar-refractivity contribution in [1.29, 1.82) is 0 Å². The Morgan fingerprint density at radius 2 is 1.67 bits per heavy atom. The van der Waals surface area contributed by atoms with Gasteiger partial charge in [-0.15, -0.1) is 4.91 Å². The topological polar surface area (TPSA) is 35.9 Å². The summed E-state index contributed by atoms with van der Waals surface area (Å²) in [6.07, 6.45) is 0. The first kappa shape index (κ1) is 10.1. The highest BCUT2D eigenvalue weighted by Gasteiger charge is 2.13. The molecule has 1 aromatic carbocycles. The van der Waals surface area contributed by atoms with Gasteiger partial charge >= 0.3 is 0 Å². The third-order valence-corrected chi connectivity index (χ3v) is 2.82. The normalized spacial score (nSPS) is 17.8. The third kappa shape index (κ3) is 2.33. The van der Waals surface area contributed by atoms with Gasteiger partial charge in [-0.1, -0.05) is 0 Å². The fourth-order valence-corrected chi connectivity index (χ4v) is 1.79. The highest BCUT2D eigenvalue weighted by atomic mass is 16.3. The van der Waals surface area contributed by atoms with E-state index in [1.807, 2.05) is 12.1 Å². The molecule has 0 saturated carbocycles. The number of hydrogen-bond donors (Lipinski definition) is 0. The summed E-state index contributed by atoms with van der Waals surface area (Å²) in [7, 11) is 2.14. The summed E-state index contributed by atoms with van der Waals surface area (Å²) < 4.78 is 0. The molecule has 1 aliphatic rings. The molecule has 0 bridgehead atoms. The lowest BCUT2D eigenvalue weighted by atomic mass is 10.2. The summed E-state index contributed by atoms with van der Waals surface area (Å²) in [6.45, 7) is 4.27. The van der Waals surface area contributed by atoms with Crippen molar-refractivity contribution < 1.29 is 0 Å². The molecular weight excluding hydrogens is 190 g/mol. The lowest BCUT2D eigenvalue weighted by molar-refractivity contribution is 0.313. The second-order valence-electron chi connectivity index (χ2n) is 3.90. The van der Waals surface area contributed by atoms with Gasteiger partial charge in [0.2, 0.25) is 0 Å². The second kappa shape index (κ2) is 4.40. The van der Waals surface area contributed by atoms with Crippen LogP contribution >= 0.6 is 0 Å². The minimum Gasteiger partial charge on any atom is -0.369 e. The monoisotopic (exact) mass is 205 g/mol. The first-order valence-corrected chi connectivity index (χ1v) is 5.16. The van der Waals surface area contributed by atoms with E-state index in [0.29, 0.717) is 5.69 Å². The number of anilines is 1. The van der Waals surface area contributed by atoms with Gasteiger partial charge in [-0.25, -0.2) is 0 Å². The Labute approximate surface area is 89.5 Å². The van der Waals surface area contributed by atoms with Crippen LogP contribution in [-0.4, -0.2) is 38.1 Å². The van der Waals surface area contributed by atoms with E-state index in [-0.39, 0.29) is 0 Å². The summed E-state index contributed by atoms with van der Waals surface area (Å²) in [4.78, 5) is 14.9. The van der Waals surface area contributed by atoms with Gasteiger partial charge in [0.25, 0.3) is 0 Å². The van der Waals surface area contributed by atoms with Crippen LogP contribution in [0.15, 0.2) is 29.4 Å². The molecule has 1 aliphatic heterocycles. The Kier molecular flexibility index (Phi) is 2.97. The molecule has 0 unspecified atom stereocenters. The Morgan fingerprint density at radius 1 is 1.07 bits per heavy atom. The molecule has 1 aromatic rings. The van der Waals surface area contributed by atoms with Crippen molar-refractivity contribution in [3.05, 3.63) is 29.2 Å². The number of nitrogens with zero attached hydrogens (tertiary/aromatic N) is 3. The average Bonchev–Trinajstić information content (AvgIpc) is 2.30. The molecule has 80 valence electrons. The Balaban J connectivity index is 2.06. The van der Waals surface area contributed by atoms with Crippen LogP contribution in [0.2, 0.25) is 0 Å². The molecule has 1 fully saturated rings.